The Hall–Kier alpha value is 0.950. The van der Waals surface area contributed by atoms with Gasteiger partial charge >= 0.3 is 35.5 Å². The van der Waals surface area contributed by atoms with Gasteiger partial charge in [0.05, 0.1) is 5.92 Å². The van der Waals surface area contributed by atoms with Crippen molar-refractivity contribution in [3.05, 3.63) is 0 Å². The van der Waals surface area contributed by atoms with Crippen LogP contribution in [0.5, 0.6) is 0 Å². The summed E-state index contributed by atoms with van der Waals surface area (Å²) in [6.45, 7) is 4.04. The van der Waals surface area contributed by atoms with Gasteiger partial charge in [0.2, 0.25) is 0 Å². The third-order valence-electron chi connectivity index (χ3n) is 1.62. The summed E-state index contributed by atoms with van der Waals surface area (Å²) in [5.74, 6) is -0.737. The number of carboxylic acid groups (broad SMARTS) is 1. The van der Waals surface area contributed by atoms with E-state index in [2.05, 4.69) is 0 Å². The number of carboxylic acids is 1. The molecular weight excluding hydrogens is 231 g/mol. The Morgan fingerprint density at radius 1 is 1.25 bits per heavy atom. The Labute approximate surface area is 107 Å². The number of hydrogen-bond acceptors (Lipinski definition) is 1. The molecule has 0 heterocycles. The van der Waals surface area contributed by atoms with Crippen molar-refractivity contribution in [2.75, 3.05) is 0 Å². The van der Waals surface area contributed by atoms with Gasteiger partial charge in [0.25, 0.3) is 0 Å². The number of halogens is 1. The van der Waals surface area contributed by atoms with E-state index < -0.39 is 5.97 Å². The first-order valence-corrected chi connectivity index (χ1v) is 3.95. The topological polar surface area (TPSA) is 37.3 Å². The van der Waals surface area contributed by atoms with Crippen molar-refractivity contribution in [2.45, 2.75) is 39.5 Å². The van der Waals surface area contributed by atoms with Crippen LogP contribution in [0.25, 0.3) is 0 Å². The smallest absolute Gasteiger partial charge is 1.00 e. The maximum Gasteiger partial charge on any atom is 1.00 e. The molecule has 0 saturated carbocycles. The van der Waals surface area contributed by atoms with E-state index in [4.69, 9.17) is 5.11 Å². The van der Waals surface area contributed by atoms with Crippen LogP contribution in [0.15, 0.2) is 0 Å². The van der Waals surface area contributed by atoms with Gasteiger partial charge in [-0.25, -0.2) is 0 Å². The summed E-state index contributed by atoms with van der Waals surface area (Å²) in [5.41, 5.74) is 0. The second-order valence-electron chi connectivity index (χ2n) is 2.61. The van der Waals surface area contributed by atoms with Crippen molar-refractivity contribution in [1.29, 1.82) is 0 Å². The van der Waals surface area contributed by atoms with Gasteiger partial charge in [-0.2, -0.15) is 0 Å². The predicted molar refractivity (Wildman–Crippen MR) is 40.9 cm³/mol. The Balaban J connectivity index is -0.000000405. The van der Waals surface area contributed by atoms with Gasteiger partial charge in [0, 0.05) is 0 Å². The van der Waals surface area contributed by atoms with E-state index in [1.165, 1.54) is 0 Å². The minimum atomic E-state index is -0.635. The zero-order chi connectivity index (χ0) is 7.98. The number of aliphatic carboxylic acids is 1. The van der Waals surface area contributed by atoms with E-state index in [1.54, 1.807) is 0 Å². The molecule has 12 heavy (non-hydrogen) atoms. The minimum Gasteiger partial charge on any atom is -1.00 e. The van der Waals surface area contributed by atoms with Crippen LogP contribution in [0, 0.1) is 5.92 Å². The third-order valence-corrected chi connectivity index (χ3v) is 1.62. The summed E-state index contributed by atoms with van der Waals surface area (Å²) in [6.07, 6.45) is 3.58. The van der Waals surface area contributed by atoms with Crippen LogP contribution in [-0.2, 0) is 4.79 Å². The zero-order valence-corrected chi connectivity index (χ0v) is 11.7. The summed E-state index contributed by atoms with van der Waals surface area (Å²) >= 11 is 0. The second kappa shape index (κ2) is 11.9. The fraction of sp³-hybridized carbons (Fsp3) is 0.875. The van der Waals surface area contributed by atoms with Crippen molar-refractivity contribution in [1.82, 2.24) is 0 Å². The monoisotopic (exact) mass is 246 g/mol. The van der Waals surface area contributed by atoms with E-state index in [-0.39, 0.29) is 52.5 Å². The molecular formula is C8H16BrNaO2. The first-order chi connectivity index (χ1) is 4.72. The van der Waals surface area contributed by atoms with Crippen LogP contribution >= 0.6 is 0 Å². The van der Waals surface area contributed by atoms with Crippen LogP contribution in [0.4, 0.5) is 0 Å². The molecule has 2 nitrogen and oxygen atoms in total. The maximum absolute atomic E-state index is 10.5. The van der Waals surface area contributed by atoms with Crippen molar-refractivity contribution < 1.29 is 56.4 Å². The molecule has 0 atom stereocenters. The van der Waals surface area contributed by atoms with Crippen LogP contribution in [0.2, 0.25) is 0 Å². The van der Waals surface area contributed by atoms with E-state index in [9.17, 15) is 4.79 Å². The summed E-state index contributed by atoms with van der Waals surface area (Å²) < 4.78 is 0. The number of carbonyl (C=O) groups is 1. The average Bonchev–Trinajstić information content (AvgIpc) is 1.87. The quantitative estimate of drug-likeness (QED) is 0.508. The molecule has 0 unspecified atom stereocenters. The maximum atomic E-state index is 10.5. The number of hydrogen-bond donors (Lipinski definition) is 1. The molecule has 0 aliphatic rings. The molecule has 0 aromatic heterocycles. The standard InChI is InChI=1S/C8H16O2.BrH.Na/c1-3-5-7(6-4-2)8(9)10;;/h7H,3-6H2,1-2H3,(H,9,10);1H;/q;;+1/p-1. The normalized spacial score (nSPS) is 8.58. The third kappa shape index (κ3) is 9.04. The molecule has 0 saturated heterocycles. The van der Waals surface area contributed by atoms with Gasteiger partial charge in [0.15, 0.2) is 0 Å². The molecule has 0 aliphatic carbocycles. The fourth-order valence-electron chi connectivity index (χ4n) is 1.09. The second-order valence-corrected chi connectivity index (χ2v) is 2.61. The minimum absolute atomic E-state index is 0. The molecule has 0 radical (unpaired) electrons. The molecule has 0 fully saturated rings. The zero-order valence-electron chi connectivity index (χ0n) is 8.14. The summed E-state index contributed by atoms with van der Waals surface area (Å²) in [4.78, 5) is 10.5. The molecule has 0 amide bonds. The van der Waals surface area contributed by atoms with Crippen molar-refractivity contribution in [3.63, 3.8) is 0 Å². The summed E-state index contributed by atoms with van der Waals surface area (Å²) in [5, 5.41) is 8.64. The molecule has 0 bridgehead atoms. The van der Waals surface area contributed by atoms with Gasteiger partial charge in [-0.05, 0) is 12.8 Å². The molecule has 0 aliphatic heterocycles. The van der Waals surface area contributed by atoms with Crippen LogP contribution in [0.3, 0.4) is 0 Å². The molecule has 4 heteroatoms. The van der Waals surface area contributed by atoms with E-state index in [0.29, 0.717) is 0 Å². The Bertz CT molecular complexity index is 103. The van der Waals surface area contributed by atoms with E-state index >= 15 is 0 Å². The van der Waals surface area contributed by atoms with Crippen molar-refractivity contribution in [2.24, 2.45) is 5.92 Å². The van der Waals surface area contributed by atoms with Crippen LogP contribution < -0.4 is 46.5 Å². The van der Waals surface area contributed by atoms with E-state index in [0.717, 1.165) is 25.7 Å². The fourth-order valence-corrected chi connectivity index (χ4v) is 1.09. The largest absolute Gasteiger partial charge is 1.00 e. The van der Waals surface area contributed by atoms with Gasteiger partial charge < -0.3 is 22.1 Å². The Morgan fingerprint density at radius 2 is 1.58 bits per heavy atom. The van der Waals surface area contributed by atoms with E-state index in [1.807, 2.05) is 13.8 Å². The molecule has 0 spiro atoms. The predicted octanol–water partition coefficient (Wildman–Crippen LogP) is -3.70. The summed E-state index contributed by atoms with van der Waals surface area (Å²) in [7, 11) is 0. The first kappa shape index (κ1) is 18.7. The molecule has 68 valence electrons. The SMILES string of the molecule is CCCC(CCC)C(=O)O.[Br-].[Na+]. The van der Waals surface area contributed by atoms with Crippen LogP contribution in [-0.4, -0.2) is 11.1 Å². The van der Waals surface area contributed by atoms with Gasteiger partial charge in [-0.15, -0.1) is 0 Å². The van der Waals surface area contributed by atoms with Crippen LogP contribution in [0.1, 0.15) is 39.5 Å². The Kier molecular flexibility index (Phi) is 18.6. The molecule has 0 aromatic rings. The first-order valence-electron chi connectivity index (χ1n) is 3.95. The van der Waals surface area contributed by atoms with Gasteiger partial charge in [-0.3, -0.25) is 4.79 Å². The number of rotatable bonds is 5. The Morgan fingerprint density at radius 3 is 1.75 bits per heavy atom. The van der Waals surface area contributed by atoms with Crippen molar-refractivity contribution in [3.8, 4) is 0 Å². The van der Waals surface area contributed by atoms with Gasteiger partial charge in [-0.1, -0.05) is 26.7 Å². The molecule has 0 rings (SSSR count). The molecule has 1 N–H and O–H groups in total. The summed E-state index contributed by atoms with van der Waals surface area (Å²) in [6, 6.07) is 0. The van der Waals surface area contributed by atoms with Gasteiger partial charge in [0.1, 0.15) is 0 Å². The van der Waals surface area contributed by atoms with Crippen molar-refractivity contribution >= 4 is 5.97 Å². The molecule has 0 aromatic carbocycles. The average molecular weight is 247 g/mol.